The van der Waals surface area contributed by atoms with Gasteiger partial charge in [-0.25, -0.2) is 4.79 Å². The fourth-order valence-corrected chi connectivity index (χ4v) is 5.17. The van der Waals surface area contributed by atoms with Crippen molar-refractivity contribution in [2.75, 3.05) is 49.1 Å². The molecule has 0 aliphatic carbocycles. The van der Waals surface area contributed by atoms with Crippen LogP contribution in [0.1, 0.15) is 45.7 Å². The summed E-state index contributed by atoms with van der Waals surface area (Å²) in [4.78, 5) is 21.4. The van der Waals surface area contributed by atoms with Gasteiger partial charge in [-0.05, 0) is 58.4 Å². The summed E-state index contributed by atoms with van der Waals surface area (Å²) in [5.74, 6) is 0. The average molecular weight is 490 g/mol. The van der Waals surface area contributed by atoms with E-state index in [1.54, 1.807) is 4.90 Å². The first-order chi connectivity index (χ1) is 17.1. The molecule has 2 fully saturated rings. The summed E-state index contributed by atoms with van der Waals surface area (Å²) in [5, 5.41) is 10.00. The molecule has 2 aromatic carbocycles. The Labute approximate surface area is 215 Å². The minimum absolute atomic E-state index is 0.130. The SMILES string of the molecule is C[C@@H]1CN(c2ccc(N3CCN(C(=O)OC(C)(C)C)C[C@H]3C)cc2C#N)CCN1Cc1ccccc1. The molecule has 0 radical (unpaired) electrons. The number of benzene rings is 2. The quantitative estimate of drug-likeness (QED) is 0.620. The number of carbonyl (C=O) groups is 1. The Kier molecular flexibility index (Phi) is 7.75. The second kappa shape index (κ2) is 10.8. The minimum atomic E-state index is -0.500. The Morgan fingerprint density at radius 2 is 1.75 bits per heavy atom. The van der Waals surface area contributed by atoms with Crippen LogP contribution in [0, 0.1) is 11.3 Å². The van der Waals surface area contributed by atoms with Crippen LogP contribution in [-0.2, 0) is 11.3 Å². The van der Waals surface area contributed by atoms with Crippen molar-refractivity contribution in [2.24, 2.45) is 0 Å². The summed E-state index contributed by atoms with van der Waals surface area (Å²) in [7, 11) is 0. The van der Waals surface area contributed by atoms with E-state index in [1.165, 1.54) is 5.56 Å². The van der Waals surface area contributed by atoms with E-state index in [9.17, 15) is 10.1 Å². The first-order valence-corrected chi connectivity index (χ1v) is 13.0. The number of anilines is 2. The molecule has 0 bridgehead atoms. The standard InChI is InChI=1S/C29H39N5O2/c1-22-19-32(14-13-31(22)21-24-9-7-6-8-10-24)27-12-11-26(17-25(27)18-30)34-16-15-33(20-23(34)2)28(35)36-29(3,4)5/h6-12,17,22-23H,13-16,19-21H2,1-5H3/t22-,23-/m1/s1. The van der Waals surface area contributed by atoms with Gasteiger partial charge in [0.25, 0.3) is 0 Å². The molecule has 7 heteroatoms. The van der Waals surface area contributed by atoms with Gasteiger partial charge in [-0.1, -0.05) is 30.3 Å². The van der Waals surface area contributed by atoms with Crippen LogP contribution in [0.5, 0.6) is 0 Å². The zero-order valence-corrected chi connectivity index (χ0v) is 22.3. The van der Waals surface area contributed by atoms with Gasteiger partial charge in [0.1, 0.15) is 11.7 Å². The molecule has 1 amide bonds. The minimum Gasteiger partial charge on any atom is -0.444 e. The molecule has 0 N–H and O–H groups in total. The van der Waals surface area contributed by atoms with E-state index in [2.05, 4.69) is 77.1 Å². The van der Waals surface area contributed by atoms with Crippen LogP contribution in [0.3, 0.4) is 0 Å². The number of nitrogens with zero attached hydrogens (tertiary/aromatic N) is 5. The number of amides is 1. The van der Waals surface area contributed by atoms with E-state index in [0.29, 0.717) is 31.2 Å². The summed E-state index contributed by atoms with van der Waals surface area (Å²) in [6.45, 7) is 15.7. The van der Waals surface area contributed by atoms with Crippen molar-refractivity contribution in [3.05, 3.63) is 59.7 Å². The lowest BCUT2D eigenvalue weighted by Gasteiger charge is -2.42. The van der Waals surface area contributed by atoms with E-state index >= 15 is 0 Å². The molecule has 0 spiro atoms. The van der Waals surface area contributed by atoms with Crippen molar-refractivity contribution in [3.63, 3.8) is 0 Å². The zero-order chi connectivity index (χ0) is 25.9. The zero-order valence-electron chi connectivity index (χ0n) is 22.3. The highest BCUT2D eigenvalue weighted by molar-refractivity contribution is 5.70. The summed E-state index contributed by atoms with van der Waals surface area (Å²) in [6, 6.07) is 19.8. The summed E-state index contributed by atoms with van der Waals surface area (Å²) >= 11 is 0. The fraction of sp³-hybridized carbons (Fsp3) is 0.517. The maximum absolute atomic E-state index is 12.5. The molecule has 192 valence electrons. The number of rotatable bonds is 4. The lowest BCUT2D eigenvalue weighted by molar-refractivity contribution is 0.0219. The van der Waals surface area contributed by atoms with Gasteiger partial charge < -0.3 is 19.4 Å². The van der Waals surface area contributed by atoms with Crippen molar-refractivity contribution in [1.82, 2.24) is 9.80 Å². The third kappa shape index (κ3) is 6.11. The molecule has 2 aromatic rings. The molecule has 2 atom stereocenters. The summed E-state index contributed by atoms with van der Waals surface area (Å²) in [5.41, 5.74) is 3.58. The van der Waals surface area contributed by atoms with Crippen molar-refractivity contribution in [2.45, 2.75) is 58.8 Å². The number of hydrogen-bond acceptors (Lipinski definition) is 6. The number of piperazine rings is 2. The van der Waals surface area contributed by atoms with E-state index in [0.717, 1.165) is 37.6 Å². The third-order valence-corrected chi connectivity index (χ3v) is 7.05. The maximum Gasteiger partial charge on any atom is 0.410 e. The van der Waals surface area contributed by atoms with Crippen LogP contribution in [0.4, 0.5) is 16.2 Å². The second-order valence-electron chi connectivity index (χ2n) is 11.0. The molecule has 2 aliphatic heterocycles. The highest BCUT2D eigenvalue weighted by Crippen LogP contribution is 2.30. The number of nitriles is 1. The van der Waals surface area contributed by atoms with Crippen LogP contribution >= 0.6 is 0 Å². The van der Waals surface area contributed by atoms with Gasteiger partial charge in [-0.3, -0.25) is 4.90 Å². The Hall–Kier alpha value is -3.24. The van der Waals surface area contributed by atoms with Gasteiger partial charge in [0.2, 0.25) is 0 Å². The lowest BCUT2D eigenvalue weighted by Crippen LogP contribution is -2.54. The van der Waals surface area contributed by atoms with Crippen molar-refractivity contribution in [3.8, 4) is 6.07 Å². The molecule has 0 aromatic heterocycles. The molecule has 4 rings (SSSR count). The molecule has 2 saturated heterocycles. The highest BCUT2D eigenvalue weighted by Gasteiger charge is 2.31. The fourth-order valence-electron chi connectivity index (χ4n) is 5.17. The monoisotopic (exact) mass is 489 g/mol. The van der Waals surface area contributed by atoms with Crippen molar-refractivity contribution < 1.29 is 9.53 Å². The summed E-state index contributed by atoms with van der Waals surface area (Å²) in [6.07, 6.45) is -0.261. The summed E-state index contributed by atoms with van der Waals surface area (Å²) < 4.78 is 5.55. The Morgan fingerprint density at radius 1 is 1.00 bits per heavy atom. The molecule has 36 heavy (non-hydrogen) atoms. The first kappa shape index (κ1) is 25.8. The average Bonchev–Trinajstić information content (AvgIpc) is 2.84. The Balaban J connectivity index is 1.41. The number of carbonyl (C=O) groups excluding carboxylic acids is 1. The van der Waals surface area contributed by atoms with E-state index < -0.39 is 5.60 Å². The van der Waals surface area contributed by atoms with Crippen molar-refractivity contribution >= 4 is 17.5 Å². The molecule has 2 aliphatic rings. The first-order valence-electron chi connectivity index (χ1n) is 13.0. The third-order valence-electron chi connectivity index (χ3n) is 7.05. The van der Waals surface area contributed by atoms with Crippen LogP contribution < -0.4 is 9.80 Å². The molecular weight excluding hydrogens is 450 g/mol. The van der Waals surface area contributed by atoms with Crippen LogP contribution in [-0.4, -0.2) is 72.8 Å². The van der Waals surface area contributed by atoms with Gasteiger partial charge in [-0.2, -0.15) is 5.26 Å². The van der Waals surface area contributed by atoms with Crippen LogP contribution in [0.2, 0.25) is 0 Å². The van der Waals surface area contributed by atoms with Gasteiger partial charge in [0, 0.05) is 63.6 Å². The van der Waals surface area contributed by atoms with Crippen LogP contribution in [0.25, 0.3) is 0 Å². The largest absolute Gasteiger partial charge is 0.444 e. The second-order valence-corrected chi connectivity index (χ2v) is 11.0. The smallest absolute Gasteiger partial charge is 0.410 e. The van der Waals surface area contributed by atoms with Crippen molar-refractivity contribution in [1.29, 1.82) is 5.26 Å². The predicted molar refractivity (Wildman–Crippen MR) is 144 cm³/mol. The van der Waals surface area contributed by atoms with E-state index in [4.69, 9.17) is 4.74 Å². The maximum atomic E-state index is 12.5. The Bertz CT molecular complexity index is 1090. The Morgan fingerprint density at radius 3 is 2.39 bits per heavy atom. The van der Waals surface area contributed by atoms with E-state index in [1.807, 2.05) is 26.8 Å². The van der Waals surface area contributed by atoms with Gasteiger partial charge >= 0.3 is 6.09 Å². The predicted octanol–water partition coefficient (Wildman–Crippen LogP) is 4.71. The van der Waals surface area contributed by atoms with Crippen LogP contribution in [0.15, 0.2) is 48.5 Å². The van der Waals surface area contributed by atoms with Gasteiger partial charge in [-0.15, -0.1) is 0 Å². The van der Waals surface area contributed by atoms with Gasteiger partial charge in [0.15, 0.2) is 0 Å². The molecule has 2 heterocycles. The molecule has 7 nitrogen and oxygen atoms in total. The van der Waals surface area contributed by atoms with E-state index in [-0.39, 0.29) is 12.1 Å². The normalized spacial score (nSPS) is 21.3. The number of ether oxygens (including phenoxy) is 1. The lowest BCUT2D eigenvalue weighted by atomic mass is 10.1. The van der Waals surface area contributed by atoms with Gasteiger partial charge in [0.05, 0.1) is 11.3 Å². The molecule has 0 unspecified atom stereocenters. The molecule has 0 saturated carbocycles. The number of hydrogen-bond donors (Lipinski definition) is 0. The highest BCUT2D eigenvalue weighted by atomic mass is 16.6. The molecular formula is C29H39N5O2. The topological polar surface area (TPSA) is 63.0 Å².